The van der Waals surface area contributed by atoms with Gasteiger partial charge in [-0.1, -0.05) is 85.0 Å². The molecule has 168 valence electrons. The molecule has 0 radical (unpaired) electrons. The van der Waals surface area contributed by atoms with E-state index in [1.165, 1.54) is 22.3 Å². The van der Waals surface area contributed by atoms with Crippen LogP contribution in [0.15, 0.2) is 121 Å². The molecule has 2 unspecified atom stereocenters. The lowest BCUT2D eigenvalue weighted by molar-refractivity contribution is 0.457. The lowest BCUT2D eigenvalue weighted by Gasteiger charge is -2.39. The van der Waals surface area contributed by atoms with E-state index in [2.05, 4.69) is 85.0 Å². The molecule has 7 rings (SSSR count). The lowest BCUT2D eigenvalue weighted by atomic mass is 9.63. The summed E-state index contributed by atoms with van der Waals surface area (Å²) in [4.78, 5) is 0. The van der Waals surface area contributed by atoms with Gasteiger partial charge >= 0.3 is 0 Å². The Labute approximate surface area is 204 Å². The molecule has 5 aromatic carbocycles. The highest BCUT2D eigenvalue weighted by Crippen LogP contribution is 2.59. The molecule has 5 aromatic rings. The molecule has 0 saturated heterocycles. The zero-order chi connectivity index (χ0) is 23.6. The smallest absolute Gasteiger partial charge is 0.116 e. The maximum absolute atomic E-state index is 10.0. The first kappa shape index (κ1) is 20.1. The predicted octanol–water partition coefficient (Wildman–Crippen LogP) is 7.58. The quantitative estimate of drug-likeness (QED) is 0.290. The van der Waals surface area contributed by atoms with Crippen LogP contribution in [-0.2, 0) is 5.41 Å². The number of phenols is 2. The van der Waals surface area contributed by atoms with Crippen molar-refractivity contribution < 1.29 is 10.2 Å². The van der Waals surface area contributed by atoms with Crippen molar-refractivity contribution in [3.8, 4) is 11.5 Å². The molecule has 2 aliphatic rings. The van der Waals surface area contributed by atoms with Crippen molar-refractivity contribution in [2.45, 2.75) is 11.3 Å². The fraction of sp³-hybridized carbons (Fsp3) is 0.0909. The van der Waals surface area contributed by atoms with Crippen molar-refractivity contribution >= 4 is 21.5 Å². The Balaban J connectivity index is 1.58. The van der Waals surface area contributed by atoms with Gasteiger partial charge in [0, 0.05) is 11.8 Å². The summed E-state index contributed by atoms with van der Waals surface area (Å²) in [5.74, 6) is 1.09. The minimum absolute atomic E-state index is 0.231. The Bertz CT molecular complexity index is 1610. The Hall–Kier alpha value is -4.30. The molecule has 0 fully saturated rings. The third kappa shape index (κ3) is 2.83. The Kier molecular flexibility index (Phi) is 4.22. The van der Waals surface area contributed by atoms with Crippen molar-refractivity contribution in [1.29, 1.82) is 0 Å². The third-order valence-electron chi connectivity index (χ3n) is 7.94. The largest absolute Gasteiger partial charge is 0.508 e. The normalized spacial score (nSPS) is 19.7. The zero-order valence-electron chi connectivity index (χ0n) is 19.1. The van der Waals surface area contributed by atoms with Gasteiger partial charge in [-0.15, -0.1) is 0 Å². The van der Waals surface area contributed by atoms with Crippen LogP contribution in [0.5, 0.6) is 11.5 Å². The zero-order valence-corrected chi connectivity index (χ0v) is 19.1. The second-order valence-corrected chi connectivity index (χ2v) is 9.71. The average molecular weight is 453 g/mol. The van der Waals surface area contributed by atoms with Gasteiger partial charge in [0.25, 0.3) is 0 Å². The van der Waals surface area contributed by atoms with Gasteiger partial charge in [-0.3, -0.25) is 0 Å². The summed E-state index contributed by atoms with van der Waals surface area (Å²) >= 11 is 0. The van der Waals surface area contributed by atoms with Gasteiger partial charge in [0.2, 0.25) is 0 Å². The summed E-state index contributed by atoms with van der Waals surface area (Å²) in [6, 6.07) is 33.3. The number of benzene rings is 5. The molecular formula is C33H24O2. The molecule has 2 heteroatoms. The van der Waals surface area contributed by atoms with Gasteiger partial charge in [0.1, 0.15) is 11.5 Å². The average Bonchev–Trinajstić information content (AvgIpc) is 3.19. The highest BCUT2D eigenvalue weighted by Gasteiger charge is 2.52. The number of rotatable bonds is 2. The van der Waals surface area contributed by atoms with E-state index in [-0.39, 0.29) is 22.8 Å². The van der Waals surface area contributed by atoms with Crippen LogP contribution >= 0.6 is 0 Å². The van der Waals surface area contributed by atoms with Gasteiger partial charge < -0.3 is 10.2 Å². The minimum Gasteiger partial charge on any atom is -0.508 e. The van der Waals surface area contributed by atoms with E-state index in [0.717, 1.165) is 21.5 Å². The molecule has 0 aliphatic heterocycles. The third-order valence-corrected chi connectivity index (χ3v) is 7.94. The van der Waals surface area contributed by atoms with Crippen molar-refractivity contribution in [3.63, 3.8) is 0 Å². The highest BCUT2D eigenvalue weighted by molar-refractivity contribution is 5.87. The molecule has 35 heavy (non-hydrogen) atoms. The molecule has 0 bridgehead atoms. The van der Waals surface area contributed by atoms with Crippen LogP contribution in [0.25, 0.3) is 21.5 Å². The van der Waals surface area contributed by atoms with Gasteiger partial charge in [0.15, 0.2) is 0 Å². The molecule has 2 nitrogen and oxygen atoms in total. The van der Waals surface area contributed by atoms with Crippen LogP contribution in [0.2, 0.25) is 0 Å². The first-order valence-electron chi connectivity index (χ1n) is 12.1. The Morgan fingerprint density at radius 1 is 0.543 bits per heavy atom. The van der Waals surface area contributed by atoms with Crippen LogP contribution in [0.3, 0.4) is 0 Å². The van der Waals surface area contributed by atoms with Crippen LogP contribution in [0.4, 0.5) is 0 Å². The van der Waals surface area contributed by atoms with E-state index in [1.54, 1.807) is 12.1 Å². The maximum atomic E-state index is 10.0. The van der Waals surface area contributed by atoms with E-state index in [1.807, 2.05) is 24.3 Å². The number of fused-ring (bicyclic) bond motifs is 5. The number of hydrogen-bond acceptors (Lipinski definition) is 2. The maximum Gasteiger partial charge on any atom is 0.116 e. The first-order valence-corrected chi connectivity index (χ1v) is 12.1. The van der Waals surface area contributed by atoms with Gasteiger partial charge in [0.05, 0.1) is 5.41 Å². The summed E-state index contributed by atoms with van der Waals surface area (Å²) in [6.45, 7) is 0. The van der Waals surface area contributed by atoms with Crippen molar-refractivity contribution in [2.24, 2.45) is 5.92 Å². The van der Waals surface area contributed by atoms with E-state index in [4.69, 9.17) is 0 Å². The molecule has 0 saturated carbocycles. The SMILES string of the molecule is Oc1ccc2cc(C3(c4ccc5cc(O)ccc5c4)c4ccccc4C4C=CC=CC43)ccc2c1. The number of aromatic hydroxyl groups is 2. The monoisotopic (exact) mass is 452 g/mol. The second kappa shape index (κ2) is 7.35. The lowest BCUT2D eigenvalue weighted by Crippen LogP contribution is -2.35. The van der Waals surface area contributed by atoms with Gasteiger partial charge in [-0.2, -0.15) is 0 Å². The van der Waals surface area contributed by atoms with Crippen molar-refractivity contribution in [1.82, 2.24) is 0 Å². The predicted molar refractivity (Wildman–Crippen MR) is 142 cm³/mol. The summed E-state index contributed by atoms with van der Waals surface area (Å²) in [6.07, 6.45) is 9.05. The minimum atomic E-state index is -0.374. The molecule has 0 spiro atoms. The summed E-state index contributed by atoms with van der Waals surface area (Å²) in [5, 5.41) is 24.3. The van der Waals surface area contributed by atoms with E-state index in [0.29, 0.717) is 5.92 Å². The van der Waals surface area contributed by atoms with E-state index in [9.17, 15) is 10.2 Å². The highest BCUT2D eigenvalue weighted by atomic mass is 16.3. The van der Waals surface area contributed by atoms with Crippen LogP contribution in [0.1, 0.15) is 28.2 Å². The van der Waals surface area contributed by atoms with E-state index >= 15 is 0 Å². The van der Waals surface area contributed by atoms with Crippen LogP contribution < -0.4 is 0 Å². The van der Waals surface area contributed by atoms with Gasteiger partial charge in [-0.25, -0.2) is 0 Å². The molecule has 2 aliphatic carbocycles. The van der Waals surface area contributed by atoms with Crippen molar-refractivity contribution in [2.75, 3.05) is 0 Å². The Morgan fingerprint density at radius 2 is 1.09 bits per heavy atom. The van der Waals surface area contributed by atoms with Crippen molar-refractivity contribution in [3.05, 3.63) is 144 Å². The topological polar surface area (TPSA) is 40.5 Å². The fourth-order valence-electron chi connectivity index (χ4n) is 6.46. The molecule has 0 amide bonds. The Morgan fingerprint density at radius 3 is 1.74 bits per heavy atom. The number of hydrogen-bond donors (Lipinski definition) is 2. The second-order valence-electron chi connectivity index (χ2n) is 9.71. The molecule has 0 aromatic heterocycles. The fourth-order valence-corrected chi connectivity index (χ4v) is 6.46. The van der Waals surface area contributed by atoms with Gasteiger partial charge in [-0.05, 0) is 80.2 Å². The number of phenolic OH excluding ortho intramolecular Hbond substituents is 2. The summed E-state index contributed by atoms with van der Waals surface area (Å²) in [7, 11) is 0. The number of allylic oxidation sites excluding steroid dienone is 4. The molecule has 2 N–H and O–H groups in total. The summed E-state index contributed by atoms with van der Waals surface area (Å²) in [5.41, 5.74) is 4.82. The van der Waals surface area contributed by atoms with Crippen LogP contribution in [0, 0.1) is 5.92 Å². The molecule has 2 atom stereocenters. The standard InChI is InChI=1S/C33H24O2/c34-27-15-11-21-17-25(13-9-23(21)19-27)33(26-14-10-24-20-28(35)16-12-22(24)18-26)31-7-3-1-5-29(31)30-6-2-4-8-32(30)33/h1-20,29,31,34-35H. The first-order chi connectivity index (χ1) is 17.1. The van der Waals surface area contributed by atoms with Crippen LogP contribution in [-0.4, -0.2) is 10.2 Å². The van der Waals surface area contributed by atoms with E-state index < -0.39 is 0 Å². The molecular weight excluding hydrogens is 428 g/mol. The molecule has 0 heterocycles. The summed E-state index contributed by atoms with van der Waals surface area (Å²) < 4.78 is 0.